The van der Waals surface area contributed by atoms with Crippen LogP contribution in [0.5, 0.6) is 0 Å². The Bertz CT molecular complexity index is 531. The van der Waals surface area contributed by atoms with E-state index in [1.165, 1.54) is 5.56 Å². The Morgan fingerprint density at radius 1 is 1.21 bits per heavy atom. The highest BCUT2D eigenvalue weighted by molar-refractivity contribution is 5.91. The molecule has 3 nitrogen and oxygen atoms in total. The lowest BCUT2D eigenvalue weighted by Gasteiger charge is -2.12. The minimum atomic E-state index is -0.145. The van der Waals surface area contributed by atoms with Crippen LogP contribution < -0.4 is 5.32 Å². The first-order valence-electron chi connectivity index (χ1n) is 6.56. The van der Waals surface area contributed by atoms with Crippen LogP contribution in [0.15, 0.2) is 46.9 Å². The third-order valence-corrected chi connectivity index (χ3v) is 3.05. The van der Waals surface area contributed by atoms with Gasteiger partial charge < -0.3 is 9.73 Å². The Morgan fingerprint density at radius 2 is 1.95 bits per heavy atom. The summed E-state index contributed by atoms with van der Waals surface area (Å²) in [5.74, 6) is 0.986. The standard InChI is InChI=1S/C16H19NO2/c1-12(8-10-14-6-4-3-5-7-14)17-16(18)15-11-9-13(2)19-15/h3-7,9,11-12H,8,10H2,1-2H3,(H,17,18). The number of furan rings is 1. The van der Waals surface area contributed by atoms with Crippen LogP contribution >= 0.6 is 0 Å². The molecule has 19 heavy (non-hydrogen) atoms. The fourth-order valence-electron chi connectivity index (χ4n) is 1.95. The average molecular weight is 257 g/mol. The number of benzene rings is 1. The molecule has 100 valence electrons. The van der Waals surface area contributed by atoms with Crippen LogP contribution in [0.3, 0.4) is 0 Å². The third kappa shape index (κ3) is 3.98. The molecule has 0 aliphatic rings. The molecule has 0 fully saturated rings. The number of carbonyl (C=O) groups excluding carboxylic acids is 1. The fourth-order valence-corrected chi connectivity index (χ4v) is 1.95. The molecule has 0 aliphatic heterocycles. The first-order chi connectivity index (χ1) is 9.15. The van der Waals surface area contributed by atoms with Crippen molar-refractivity contribution in [3.63, 3.8) is 0 Å². The van der Waals surface area contributed by atoms with E-state index < -0.39 is 0 Å². The molecule has 1 heterocycles. The maximum absolute atomic E-state index is 11.9. The summed E-state index contributed by atoms with van der Waals surface area (Å²) >= 11 is 0. The molecule has 1 N–H and O–H groups in total. The molecule has 1 aromatic heterocycles. The number of rotatable bonds is 5. The third-order valence-electron chi connectivity index (χ3n) is 3.05. The maximum atomic E-state index is 11.9. The Balaban J connectivity index is 1.81. The van der Waals surface area contributed by atoms with E-state index >= 15 is 0 Å². The van der Waals surface area contributed by atoms with Gasteiger partial charge in [-0.25, -0.2) is 0 Å². The fraction of sp³-hybridized carbons (Fsp3) is 0.312. The summed E-state index contributed by atoms with van der Waals surface area (Å²) in [6.45, 7) is 3.84. The van der Waals surface area contributed by atoms with E-state index in [1.54, 1.807) is 12.1 Å². The molecular formula is C16H19NO2. The lowest BCUT2D eigenvalue weighted by molar-refractivity contribution is 0.0909. The summed E-state index contributed by atoms with van der Waals surface area (Å²) in [7, 11) is 0. The van der Waals surface area contributed by atoms with Gasteiger partial charge in [-0.3, -0.25) is 4.79 Å². The molecule has 2 aromatic rings. The zero-order chi connectivity index (χ0) is 13.7. The number of nitrogens with one attached hydrogen (secondary N) is 1. The molecule has 3 heteroatoms. The largest absolute Gasteiger partial charge is 0.456 e. The molecule has 0 radical (unpaired) electrons. The number of amides is 1. The van der Waals surface area contributed by atoms with E-state index in [0.29, 0.717) is 5.76 Å². The average Bonchev–Trinajstić information content (AvgIpc) is 2.84. The molecule has 0 bridgehead atoms. The van der Waals surface area contributed by atoms with E-state index in [1.807, 2.05) is 32.0 Å². The zero-order valence-corrected chi connectivity index (χ0v) is 11.3. The molecule has 0 saturated heterocycles. The lowest BCUT2D eigenvalue weighted by Crippen LogP contribution is -2.32. The topological polar surface area (TPSA) is 42.2 Å². The SMILES string of the molecule is Cc1ccc(C(=O)NC(C)CCc2ccccc2)o1. The minimum Gasteiger partial charge on any atom is -0.456 e. The Morgan fingerprint density at radius 3 is 2.58 bits per heavy atom. The second-order valence-electron chi connectivity index (χ2n) is 4.81. The molecule has 1 aromatic carbocycles. The maximum Gasteiger partial charge on any atom is 0.287 e. The number of hydrogen-bond acceptors (Lipinski definition) is 2. The van der Waals surface area contributed by atoms with Gasteiger partial charge in [0.1, 0.15) is 5.76 Å². The monoisotopic (exact) mass is 257 g/mol. The van der Waals surface area contributed by atoms with Gasteiger partial charge in [-0.1, -0.05) is 30.3 Å². The number of hydrogen-bond donors (Lipinski definition) is 1. The summed E-state index contributed by atoms with van der Waals surface area (Å²) in [5, 5.41) is 2.95. The van der Waals surface area contributed by atoms with Crippen molar-refractivity contribution in [1.82, 2.24) is 5.32 Å². The van der Waals surface area contributed by atoms with Gasteiger partial charge in [-0.05, 0) is 44.4 Å². The molecule has 0 spiro atoms. The normalized spacial score (nSPS) is 12.1. The van der Waals surface area contributed by atoms with Gasteiger partial charge in [0.15, 0.2) is 5.76 Å². The zero-order valence-electron chi connectivity index (χ0n) is 11.3. The lowest BCUT2D eigenvalue weighted by atomic mass is 10.1. The van der Waals surface area contributed by atoms with Crippen molar-refractivity contribution < 1.29 is 9.21 Å². The second-order valence-corrected chi connectivity index (χ2v) is 4.81. The van der Waals surface area contributed by atoms with Crippen LogP contribution in [0, 0.1) is 6.92 Å². The van der Waals surface area contributed by atoms with Gasteiger partial charge in [0.05, 0.1) is 0 Å². The van der Waals surface area contributed by atoms with Crippen molar-refractivity contribution in [2.75, 3.05) is 0 Å². The predicted molar refractivity (Wildman–Crippen MR) is 75.1 cm³/mol. The van der Waals surface area contributed by atoms with Gasteiger partial charge in [0, 0.05) is 6.04 Å². The Labute approximate surface area is 113 Å². The molecule has 1 unspecified atom stereocenters. The van der Waals surface area contributed by atoms with Crippen LogP contribution in [-0.2, 0) is 6.42 Å². The van der Waals surface area contributed by atoms with E-state index in [4.69, 9.17) is 4.42 Å². The molecule has 1 amide bonds. The van der Waals surface area contributed by atoms with Crippen molar-refractivity contribution in [2.45, 2.75) is 32.7 Å². The predicted octanol–water partition coefficient (Wildman–Crippen LogP) is 3.34. The highest BCUT2D eigenvalue weighted by Crippen LogP contribution is 2.08. The molecule has 0 saturated carbocycles. The Kier molecular flexibility index (Phi) is 4.39. The minimum absolute atomic E-state index is 0.123. The first-order valence-corrected chi connectivity index (χ1v) is 6.56. The van der Waals surface area contributed by atoms with Crippen molar-refractivity contribution in [2.24, 2.45) is 0 Å². The quantitative estimate of drug-likeness (QED) is 0.892. The van der Waals surface area contributed by atoms with Gasteiger partial charge in [-0.2, -0.15) is 0 Å². The van der Waals surface area contributed by atoms with Gasteiger partial charge in [0.25, 0.3) is 5.91 Å². The second kappa shape index (κ2) is 6.23. The van der Waals surface area contributed by atoms with Crippen molar-refractivity contribution >= 4 is 5.91 Å². The number of aryl methyl sites for hydroxylation is 2. The van der Waals surface area contributed by atoms with E-state index in [2.05, 4.69) is 17.4 Å². The van der Waals surface area contributed by atoms with Crippen LogP contribution in [0.4, 0.5) is 0 Å². The van der Waals surface area contributed by atoms with Gasteiger partial charge >= 0.3 is 0 Å². The van der Waals surface area contributed by atoms with Crippen LogP contribution in [-0.4, -0.2) is 11.9 Å². The first kappa shape index (κ1) is 13.4. The van der Waals surface area contributed by atoms with E-state index in [0.717, 1.165) is 18.6 Å². The van der Waals surface area contributed by atoms with Crippen molar-refractivity contribution in [3.8, 4) is 0 Å². The Hall–Kier alpha value is -2.03. The summed E-state index contributed by atoms with van der Waals surface area (Å²) < 4.78 is 5.30. The summed E-state index contributed by atoms with van der Waals surface area (Å²) in [6.07, 6.45) is 1.87. The molecule has 2 rings (SSSR count). The van der Waals surface area contributed by atoms with Crippen LogP contribution in [0.25, 0.3) is 0 Å². The summed E-state index contributed by atoms with van der Waals surface area (Å²) in [5.41, 5.74) is 1.29. The van der Waals surface area contributed by atoms with Crippen molar-refractivity contribution in [3.05, 3.63) is 59.5 Å². The summed E-state index contributed by atoms with van der Waals surface area (Å²) in [6, 6.07) is 13.9. The van der Waals surface area contributed by atoms with Gasteiger partial charge in [0.2, 0.25) is 0 Å². The smallest absolute Gasteiger partial charge is 0.287 e. The highest BCUT2D eigenvalue weighted by Gasteiger charge is 2.12. The highest BCUT2D eigenvalue weighted by atomic mass is 16.3. The van der Waals surface area contributed by atoms with Gasteiger partial charge in [-0.15, -0.1) is 0 Å². The van der Waals surface area contributed by atoms with E-state index in [9.17, 15) is 4.79 Å². The van der Waals surface area contributed by atoms with Crippen LogP contribution in [0.1, 0.15) is 35.2 Å². The molecular weight excluding hydrogens is 238 g/mol. The van der Waals surface area contributed by atoms with E-state index in [-0.39, 0.29) is 11.9 Å². The summed E-state index contributed by atoms with van der Waals surface area (Å²) in [4.78, 5) is 11.9. The molecule has 0 aliphatic carbocycles. The number of carbonyl (C=O) groups is 1. The van der Waals surface area contributed by atoms with Crippen molar-refractivity contribution in [1.29, 1.82) is 0 Å². The van der Waals surface area contributed by atoms with Crippen LogP contribution in [0.2, 0.25) is 0 Å². The molecule has 1 atom stereocenters.